The summed E-state index contributed by atoms with van der Waals surface area (Å²) in [7, 11) is -3.43. The van der Waals surface area contributed by atoms with Gasteiger partial charge in [-0.2, -0.15) is 0 Å². The number of benzene rings is 2. The zero-order chi connectivity index (χ0) is 16.9. The third kappa shape index (κ3) is 4.99. The summed E-state index contributed by atoms with van der Waals surface area (Å²) < 4.78 is 30.4. The number of ether oxygens (including phenoxy) is 1. The molecule has 0 N–H and O–H groups in total. The van der Waals surface area contributed by atoms with E-state index in [4.69, 9.17) is 27.9 Å². The Morgan fingerprint density at radius 3 is 2.04 bits per heavy atom. The monoisotopic (exact) mass is 370 g/mol. The molecular formula is C17H16Cl2O3S. The fourth-order valence-electron chi connectivity index (χ4n) is 2.08. The first kappa shape index (κ1) is 17.9. The smallest absolute Gasteiger partial charge is 0.164 e. The molecule has 122 valence electrons. The minimum Gasteiger partial charge on any atom is -0.493 e. The van der Waals surface area contributed by atoms with E-state index in [2.05, 4.69) is 6.58 Å². The lowest BCUT2D eigenvalue weighted by atomic mass is 10.1. The van der Waals surface area contributed by atoms with Crippen molar-refractivity contribution in [3.8, 4) is 5.75 Å². The maximum Gasteiger partial charge on any atom is 0.164 e. The van der Waals surface area contributed by atoms with Gasteiger partial charge in [-0.05, 0) is 42.0 Å². The molecule has 1 atom stereocenters. The van der Waals surface area contributed by atoms with Gasteiger partial charge in [0, 0.05) is 10.0 Å². The van der Waals surface area contributed by atoms with Crippen LogP contribution < -0.4 is 4.74 Å². The molecule has 0 radical (unpaired) electrons. The van der Waals surface area contributed by atoms with Crippen molar-refractivity contribution in [1.82, 2.24) is 0 Å². The molecule has 0 saturated heterocycles. The summed E-state index contributed by atoms with van der Waals surface area (Å²) in [5.74, 6) is 0.459. The standard InChI is InChI=1S/C17H16Cl2O3S/c1-2-17(13-3-5-14(18)6-4-13)23(20,21)12-11-22-16-9-7-15(19)8-10-16/h2-10,17H,1,11-12H2. The number of sulfone groups is 1. The maximum absolute atomic E-state index is 12.5. The zero-order valence-electron chi connectivity index (χ0n) is 12.3. The lowest BCUT2D eigenvalue weighted by Gasteiger charge is -2.15. The van der Waals surface area contributed by atoms with Crippen LogP contribution in [0.25, 0.3) is 0 Å². The lowest BCUT2D eigenvalue weighted by Crippen LogP contribution is -2.19. The van der Waals surface area contributed by atoms with E-state index in [1.54, 1.807) is 48.5 Å². The van der Waals surface area contributed by atoms with Crippen molar-refractivity contribution in [3.05, 3.63) is 76.8 Å². The Kier molecular flexibility index (Phi) is 6.10. The van der Waals surface area contributed by atoms with Crippen LogP contribution >= 0.6 is 23.2 Å². The fraction of sp³-hybridized carbons (Fsp3) is 0.176. The van der Waals surface area contributed by atoms with E-state index in [1.165, 1.54) is 6.08 Å². The molecule has 2 aromatic carbocycles. The second-order valence-electron chi connectivity index (χ2n) is 4.88. The molecule has 0 fully saturated rings. The van der Waals surface area contributed by atoms with Crippen molar-refractivity contribution in [2.75, 3.05) is 12.4 Å². The summed E-state index contributed by atoms with van der Waals surface area (Å²) in [5.41, 5.74) is 0.635. The van der Waals surface area contributed by atoms with Crippen LogP contribution in [-0.2, 0) is 9.84 Å². The third-order valence-corrected chi connectivity index (χ3v) is 5.73. The van der Waals surface area contributed by atoms with Crippen LogP contribution in [0.15, 0.2) is 61.2 Å². The quantitative estimate of drug-likeness (QED) is 0.662. The lowest BCUT2D eigenvalue weighted by molar-refractivity contribution is 0.340. The molecule has 1 unspecified atom stereocenters. The van der Waals surface area contributed by atoms with E-state index in [-0.39, 0.29) is 12.4 Å². The minimum absolute atomic E-state index is 0.0574. The molecular weight excluding hydrogens is 355 g/mol. The Morgan fingerprint density at radius 1 is 1.00 bits per heavy atom. The van der Waals surface area contributed by atoms with Crippen molar-refractivity contribution in [2.45, 2.75) is 5.25 Å². The Morgan fingerprint density at radius 2 is 1.52 bits per heavy atom. The van der Waals surface area contributed by atoms with Gasteiger partial charge in [-0.25, -0.2) is 8.42 Å². The van der Waals surface area contributed by atoms with E-state index in [0.29, 0.717) is 21.4 Å². The average molecular weight is 371 g/mol. The number of rotatable bonds is 7. The van der Waals surface area contributed by atoms with E-state index in [9.17, 15) is 8.42 Å². The topological polar surface area (TPSA) is 43.4 Å². The molecule has 2 rings (SSSR count). The zero-order valence-corrected chi connectivity index (χ0v) is 14.6. The SMILES string of the molecule is C=CC(c1ccc(Cl)cc1)S(=O)(=O)CCOc1ccc(Cl)cc1. The van der Waals surface area contributed by atoms with E-state index in [1.807, 2.05) is 0 Å². The first-order valence-corrected chi connectivity index (χ1v) is 9.37. The van der Waals surface area contributed by atoms with Crippen molar-refractivity contribution < 1.29 is 13.2 Å². The van der Waals surface area contributed by atoms with E-state index >= 15 is 0 Å². The van der Waals surface area contributed by atoms with E-state index in [0.717, 1.165) is 0 Å². The van der Waals surface area contributed by atoms with Crippen LogP contribution in [0.4, 0.5) is 0 Å². The van der Waals surface area contributed by atoms with Crippen molar-refractivity contribution in [3.63, 3.8) is 0 Å². The van der Waals surface area contributed by atoms with Crippen molar-refractivity contribution >= 4 is 33.0 Å². The summed E-state index contributed by atoms with van der Waals surface area (Å²) >= 11 is 11.6. The molecule has 0 aliphatic carbocycles. The Balaban J connectivity index is 2.03. The summed E-state index contributed by atoms with van der Waals surface area (Å²) in [6.45, 7) is 3.69. The molecule has 0 heterocycles. The summed E-state index contributed by atoms with van der Waals surface area (Å²) in [4.78, 5) is 0. The van der Waals surface area contributed by atoms with Crippen molar-refractivity contribution in [1.29, 1.82) is 0 Å². The molecule has 6 heteroatoms. The van der Waals surface area contributed by atoms with Crippen LogP contribution in [0, 0.1) is 0 Å². The van der Waals surface area contributed by atoms with Gasteiger partial charge in [0.1, 0.15) is 17.6 Å². The molecule has 0 amide bonds. The van der Waals surface area contributed by atoms with Crippen LogP contribution in [0.3, 0.4) is 0 Å². The Bertz CT molecular complexity index is 753. The van der Waals surface area contributed by atoms with Gasteiger partial charge >= 0.3 is 0 Å². The molecule has 0 spiro atoms. The number of hydrogen-bond acceptors (Lipinski definition) is 3. The van der Waals surface area contributed by atoms with Gasteiger partial charge in [-0.15, -0.1) is 6.58 Å². The van der Waals surface area contributed by atoms with Gasteiger partial charge in [0.05, 0.1) is 5.75 Å². The van der Waals surface area contributed by atoms with Gasteiger partial charge < -0.3 is 4.74 Å². The third-order valence-electron chi connectivity index (χ3n) is 3.25. The predicted molar refractivity (Wildman–Crippen MR) is 95.1 cm³/mol. The molecule has 0 aliphatic rings. The Hall–Kier alpha value is -1.49. The molecule has 0 saturated carbocycles. The second kappa shape index (κ2) is 7.86. The highest BCUT2D eigenvalue weighted by Gasteiger charge is 2.24. The molecule has 0 aromatic heterocycles. The summed E-state index contributed by atoms with van der Waals surface area (Å²) in [5, 5.41) is 0.369. The molecule has 0 aliphatic heterocycles. The van der Waals surface area contributed by atoms with Gasteiger partial charge in [0.2, 0.25) is 0 Å². The van der Waals surface area contributed by atoms with Crippen LogP contribution in [0.5, 0.6) is 5.75 Å². The van der Waals surface area contributed by atoms with Gasteiger partial charge in [0.15, 0.2) is 9.84 Å². The predicted octanol–water partition coefficient (Wildman–Crippen LogP) is 4.71. The van der Waals surface area contributed by atoms with Gasteiger partial charge in [0.25, 0.3) is 0 Å². The molecule has 3 nitrogen and oxygen atoms in total. The minimum atomic E-state index is -3.43. The summed E-state index contributed by atoms with van der Waals surface area (Å²) in [6.07, 6.45) is 1.42. The van der Waals surface area contributed by atoms with Gasteiger partial charge in [-0.3, -0.25) is 0 Å². The highest BCUT2D eigenvalue weighted by Crippen LogP contribution is 2.26. The van der Waals surface area contributed by atoms with Crippen molar-refractivity contribution in [2.24, 2.45) is 0 Å². The first-order chi connectivity index (χ1) is 10.9. The molecule has 23 heavy (non-hydrogen) atoms. The maximum atomic E-state index is 12.5. The van der Waals surface area contributed by atoms with E-state index < -0.39 is 15.1 Å². The fourth-order valence-corrected chi connectivity index (χ4v) is 3.76. The normalized spacial score (nSPS) is 12.6. The van der Waals surface area contributed by atoms with Crippen LogP contribution in [-0.4, -0.2) is 20.8 Å². The number of halogens is 2. The Labute approximate surface area is 146 Å². The van der Waals surface area contributed by atoms with Crippen LogP contribution in [0.1, 0.15) is 10.8 Å². The largest absolute Gasteiger partial charge is 0.493 e. The second-order valence-corrected chi connectivity index (χ2v) is 7.99. The molecule has 2 aromatic rings. The number of hydrogen-bond donors (Lipinski definition) is 0. The average Bonchev–Trinajstić information content (AvgIpc) is 2.51. The first-order valence-electron chi connectivity index (χ1n) is 6.90. The highest BCUT2D eigenvalue weighted by molar-refractivity contribution is 7.91. The summed E-state index contributed by atoms with van der Waals surface area (Å²) in [6, 6.07) is 13.5. The van der Waals surface area contributed by atoms with Crippen LogP contribution in [0.2, 0.25) is 10.0 Å². The van der Waals surface area contributed by atoms with Gasteiger partial charge in [-0.1, -0.05) is 41.4 Å². The highest BCUT2D eigenvalue weighted by atomic mass is 35.5. The molecule has 0 bridgehead atoms.